The first-order valence-corrected chi connectivity index (χ1v) is 10.6. The first-order chi connectivity index (χ1) is 14.3. The van der Waals surface area contributed by atoms with Crippen molar-refractivity contribution in [1.29, 1.82) is 0 Å². The Labute approximate surface area is 183 Å². The summed E-state index contributed by atoms with van der Waals surface area (Å²) in [5.74, 6) is -0.364. The van der Waals surface area contributed by atoms with Gasteiger partial charge in [-0.3, -0.25) is 14.5 Å². The lowest BCUT2D eigenvalue weighted by Crippen LogP contribution is -2.50. The number of carbonyl (C=O) groups excluding carboxylic acids is 2. The second-order valence-electron chi connectivity index (χ2n) is 7.77. The lowest BCUT2D eigenvalue weighted by atomic mass is 10.1. The maximum absolute atomic E-state index is 12.3. The third-order valence-corrected chi connectivity index (χ3v) is 5.81. The molecule has 1 heterocycles. The Morgan fingerprint density at radius 3 is 2.43 bits per heavy atom. The molecule has 160 valence electrons. The number of carbonyl (C=O) groups is 2. The van der Waals surface area contributed by atoms with Crippen LogP contribution < -0.4 is 15.5 Å². The van der Waals surface area contributed by atoms with Gasteiger partial charge >= 0.3 is 0 Å². The number of benzene rings is 2. The van der Waals surface area contributed by atoms with Gasteiger partial charge in [0.05, 0.1) is 13.1 Å². The number of amides is 2. The molecule has 6 nitrogen and oxygen atoms in total. The molecule has 0 saturated carbocycles. The number of anilines is 2. The second-order valence-corrected chi connectivity index (χ2v) is 8.20. The zero-order chi connectivity index (χ0) is 21.7. The highest BCUT2D eigenvalue weighted by molar-refractivity contribution is 6.30. The summed E-state index contributed by atoms with van der Waals surface area (Å²) in [5, 5.41) is 6.31. The van der Waals surface area contributed by atoms with Crippen LogP contribution in [0.5, 0.6) is 0 Å². The van der Waals surface area contributed by atoms with Gasteiger partial charge in [-0.15, -0.1) is 0 Å². The Bertz CT molecular complexity index is 923. The normalized spacial score (nSPS) is 14.5. The van der Waals surface area contributed by atoms with Gasteiger partial charge < -0.3 is 15.5 Å². The first kappa shape index (κ1) is 22.1. The van der Waals surface area contributed by atoms with E-state index in [9.17, 15) is 9.59 Å². The van der Waals surface area contributed by atoms with Crippen molar-refractivity contribution in [2.24, 2.45) is 0 Å². The van der Waals surface area contributed by atoms with Crippen molar-refractivity contribution in [3.63, 3.8) is 0 Å². The van der Waals surface area contributed by atoms with E-state index in [-0.39, 0.29) is 18.4 Å². The molecule has 0 aliphatic carbocycles. The van der Waals surface area contributed by atoms with Gasteiger partial charge in [0.15, 0.2) is 0 Å². The van der Waals surface area contributed by atoms with E-state index in [2.05, 4.69) is 27.4 Å². The van der Waals surface area contributed by atoms with Crippen molar-refractivity contribution in [3.05, 3.63) is 58.1 Å². The van der Waals surface area contributed by atoms with Crippen molar-refractivity contribution < 1.29 is 9.59 Å². The molecule has 30 heavy (non-hydrogen) atoms. The van der Waals surface area contributed by atoms with Crippen LogP contribution in [0.3, 0.4) is 0 Å². The molecule has 0 bridgehead atoms. The molecule has 2 aromatic carbocycles. The number of hydrogen-bond donors (Lipinski definition) is 2. The number of aryl methyl sites for hydroxylation is 2. The van der Waals surface area contributed by atoms with Gasteiger partial charge in [0.1, 0.15) is 0 Å². The molecule has 0 aromatic heterocycles. The molecule has 1 aliphatic heterocycles. The molecule has 7 heteroatoms. The lowest BCUT2D eigenvalue weighted by Gasteiger charge is -2.36. The molecule has 3 rings (SSSR count). The topological polar surface area (TPSA) is 64.7 Å². The molecule has 0 radical (unpaired) electrons. The van der Waals surface area contributed by atoms with E-state index < -0.39 is 0 Å². The Hall–Kier alpha value is -2.57. The van der Waals surface area contributed by atoms with Gasteiger partial charge in [-0.2, -0.15) is 0 Å². The molecule has 1 fully saturated rings. The Balaban J connectivity index is 1.42. The average molecular weight is 429 g/mol. The molecule has 1 saturated heterocycles. The first-order valence-electron chi connectivity index (χ1n) is 10.2. The smallest absolute Gasteiger partial charge is 0.243 e. The third-order valence-electron chi connectivity index (χ3n) is 5.58. The molecule has 2 N–H and O–H groups in total. The van der Waals surface area contributed by atoms with E-state index in [1.165, 1.54) is 5.56 Å². The Kier molecular flexibility index (Phi) is 7.34. The number of halogens is 1. The highest BCUT2D eigenvalue weighted by atomic mass is 35.5. The Morgan fingerprint density at radius 2 is 1.70 bits per heavy atom. The SMILES string of the molecule is Cc1ccc(Cl)cc1N1CCN(CC(=O)NCC(=O)Nc2cccc(C)c2C)CC1. The summed E-state index contributed by atoms with van der Waals surface area (Å²) in [5.41, 5.74) is 5.27. The van der Waals surface area contributed by atoms with Crippen LogP contribution in [0, 0.1) is 20.8 Å². The van der Waals surface area contributed by atoms with Gasteiger partial charge in [-0.1, -0.05) is 29.8 Å². The summed E-state index contributed by atoms with van der Waals surface area (Å²) in [7, 11) is 0. The minimum Gasteiger partial charge on any atom is -0.369 e. The number of nitrogens with one attached hydrogen (secondary N) is 2. The van der Waals surface area contributed by atoms with Crippen LogP contribution in [-0.4, -0.2) is 56.0 Å². The minimum absolute atomic E-state index is 0.0338. The molecular weight excluding hydrogens is 400 g/mol. The quantitative estimate of drug-likeness (QED) is 0.741. The zero-order valence-electron chi connectivity index (χ0n) is 17.8. The number of nitrogens with zero attached hydrogens (tertiary/aromatic N) is 2. The van der Waals surface area contributed by atoms with Crippen LogP contribution in [0.1, 0.15) is 16.7 Å². The van der Waals surface area contributed by atoms with Crippen LogP contribution in [0.2, 0.25) is 5.02 Å². The Morgan fingerprint density at radius 1 is 0.967 bits per heavy atom. The molecule has 0 atom stereocenters. The predicted molar refractivity (Wildman–Crippen MR) is 122 cm³/mol. The average Bonchev–Trinajstić information content (AvgIpc) is 2.72. The summed E-state index contributed by atoms with van der Waals surface area (Å²) >= 11 is 6.14. The van der Waals surface area contributed by atoms with Gasteiger partial charge in [0.2, 0.25) is 11.8 Å². The second kappa shape index (κ2) is 9.96. The van der Waals surface area contributed by atoms with Crippen LogP contribution in [0.15, 0.2) is 36.4 Å². The van der Waals surface area contributed by atoms with Crippen LogP contribution >= 0.6 is 11.6 Å². The van der Waals surface area contributed by atoms with Crippen LogP contribution in [0.25, 0.3) is 0 Å². The fourth-order valence-corrected chi connectivity index (χ4v) is 3.76. The van der Waals surface area contributed by atoms with E-state index >= 15 is 0 Å². The zero-order valence-corrected chi connectivity index (χ0v) is 18.6. The summed E-state index contributed by atoms with van der Waals surface area (Å²) < 4.78 is 0. The van der Waals surface area contributed by atoms with Crippen molar-refractivity contribution >= 4 is 34.8 Å². The number of rotatable bonds is 6. The highest BCUT2D eigenvalue weighted by Gasteiger charge is 2.20. The molecule has 2 amide bonds. The van der Waals surface area contributed by atoms with Crippen LogP contribution in [0.4, 0.5) is 11.4 Å². The molecule has 2 aromatic rings. The van der Waals surface area contributed by atoms with Gasteiger partial charge in [-0.25, -0.2) is 0 Å². The molecule has 1 aliphatic rings. The minimum atomic E-state index is -0.224. The summed E-state index contributed by atoms with van der Waals surface area (Å²) in [4.78, 5) is 28.9. The van der Waals surface area contributed by atoms with E-state index in [0.717, 1.165) is 53.7 Å². The van der Waals surface area contributed by atoms with Gasteiger partial charge in [-0.05, 0) is 55.7 Å². The van der Waals surface area contributed by atoms with Gasteiger partial charge in [0, 0.05) is 42.6 Å². The van der Waals surface area contributed by atoms with E-state index in [0.29, 0.717) is 6.54 Å². The standard InChI is InChI=1S/C23H29ClN4O2/c1-16-5-4-6-20(18(16)3)26-22(29)14-25-23(30)15-27-9-11-28(12-10-27)21-13-19(24)8-7-17(21)2/h4-8,13H,9-12,14-15H2,1-3H3,(H,25,30)(H,26,29). The summed E-state index contributed by atoms with van der Waals surface area (Å²) in [6.45, 7) is 9.54. The fourth-order valence-electron chi connectivity index (χ4n) is 3.59. The van der Waals surface area contributed by atoms with E-state index in [1.807, 2.05) is 50.2 Å². The number of piperazine rings is 1. The van der Waals surface area contributed by atoms with E-state index in [1.54, 1.807) is 0 Å². The molecule has 0 spiro atoms. The van der Waals surface area contributed by atoms with E-state index in [4.69, 9.17) is 11.6 Å². The molecular formula is C23H29ClN4O2. The maximum atomic E-state index is 12.3. The third kappa shape index (κ3) is 5.74. The van der Waals surface area contributed by atoms with Crippen LogP contribution in [-0.2, 0) is 9.59 Å². The van der Waals surface area contributed by atoms with Crippen molar-refractivity contribution in [2.75, 3.05) is 49.5 Å². The van der Waals surface area contributed by atoms with Gasteiger partial charge in [0.25, 0.3) is 0 Å². The predicted octanol–water partition coefficient (Wildman–Crippen LogP) is 3.14. The fraction of sp³-hybridized carbons (Fsp3) is 0.391. The summed E-state index contributed by atoms with van der Waals surface area (Å²) in [6, 6.07) is 11.7. The number of hydrogen-bond acceptors (Lipinski definition) is 4. The van der Waals surface area contributed by atoms with Crippen molar-refractivity contribution in [2.45, 2.75) is 20.8 Å². The lowest BCUT2D eigenvalue weighted by molar-refractivity contribution is -0.125. The monoisotopic (exact) mass is 428 g/mol. The highest BCUT2D eigenvalue weighted by Crippen LogP contribution is 2.25. The maximum Gasteiger partial charge on any atom is 0.243 e. The summed E-state index contributed by atoms with van der Waals surface area (Å²) in [6.07, 6.45) is 0. The van der Waals surface area contributed by atoms with Crippen molar-refractivity contribution in [3.8, 4) is 0 Å². The largest absolute Gasteiger partial charge is 0.369 e. The van der Waals surface area contributed by atoms with Crippen molar-refractivity contribution in [1.82, 2.24) is 10.2 Å². The molecule has 0 unspecified atom stereocenters.